The third kappa shape index (κ3) is 3.38. The number of hydrogen-bond donors (Lipinski definition) is 1. The van der Waals surface area contributed by atoms with Crippen LogP contribution in [0.2, 0.25) is 0 Å². The minimum Gasteiger partial charge on any atom is -0.313 e. The molecular formula is C14H17F2N3. The Kier molecular flexibility index (Phi) is 4.27. The van der Waals surface area contributed by atoms with E-state index in [1.807, 2.05) is 13.2 Å². The molecule has 2 aromatic rings. The maximum atomic E-state index is 13.7. The van der Waals surface area contributed by atoms with Gasteiger partial charge in [0.25, 0.3) is 0 Å². The first-order valence-electron chi connectivity index (χ1n) is 6.20. The van der Waals surface area contributed by atoms with Crippen LogP contribution in [0.25, 0.3) is 0 Å². The first kappa shape index (κ1) is 13.7. The second-order valence-corrected chi connectivity index (χ2v) is 4.57. The molecule has 3 nitrogen and oxygen atoms in total. The van der Waals surface area contributed by atoms with E-state index in [1.54, 1.807) is 17.9 Å². The van der Waals surface area contributed by atoms with Gasteiger partial charge >= 0.3 is 0 Å². The zero-order chi connectivity index (χ0) is 13.8. The van der Waals surface area contributed by atoms with E-state index in [2.05, 4.69) is 10.4 Å². The van der Waals surface area contributed by atoms with Gasteiger partial charge in [-0.2, -0.15) is 5.10 Å². The molecule has 0 saturated carbocycles. The Balaban J connectivity index is 2.07. The molecule has 0 aliphatic rings. The molecule has 0 amide bonds. The second-order valence-electron chi connectivity index (χ2n) is 4.57. The van der Waals surface area contributed by atoms with Gasteiger partial charge in [-0.1, -0.05) is 6.07 Å². The van der Waals surface area contributed by atoms with E-state index in [0.29, 0.717) is 5.56 Å². The van der Waals surface area contributed by atoms with Crippen molar-refractivity contribution in [1.29, 1.82) is 0 Å². The smallest absolute Gasteiger partial charge is 0.130 e. The highest BCUT2D eigenvalue weighted by molar-refractivity contribution is 5.22. The predicted octanol–water partition coefficient (Wildman–Crippen LogP) is 2.59. The summed E-state index contributed by atoms with van der Waals surface area (Å²) in [6, 6.07) is 3.56. The Labute approximate surface area is 111 Å². The summed E-state index contributed by atoms with van der Waals surface area (Å²) in [5.74, 6) is -1.06. The van der Waals surface area contributed by atoms with E-state index >= 15 is 0 Å². The minimum absolute atomic E-state index is 0.138. The first-order valence-corrected chi connectivity index (χ1v) is 6.20. The van der Waals surface area contributed by atoms with Gasteiger partial charge in [0.05, 0.1) is 6.20 Å². The van der Waals surface area contributed by atoms with E-state index in [0.717, 1.165) is 24.5 Å². The number of nitrogens with zero attached hydrogens (tertiary/aromatic N) is 2. The topological polar surface area (TPSA) is 29.9 Å². The lowest BCUT2D eigenvalue weighted by atomic mass is 10.00. The largest absolute Gasteiger partial charge is 0.313 e. The molecule has 0 saturated heterocycles. The van der Waals surface area contributed by atoms with Crippen molar-refractivity contribution < 1.29 is 8.78 Å². The van der Waals surface area contributed by atoms with Crippen molar-refractivity contribution in [2.24, 2.45) is 7.05 Å². The number of aromatic nitrogens is 2. The molecule has 0 spiro atoms. The summed E-state index contributed by atoms with van der Waals surface area (Å²) in [7, 11) is 3.63. The van der Waals surface area contributed by atoms with E-state index in [-0.39, 0.29) is 6.04 Å². The van der Waals surface area contributed by atoms with Crippen molar-refractivity contribution in [3.8, 4) is 0 Å². The van der Waals surface area contributed by atoms with E-state index in [9.17, 15) is 8.78 Å². The molecule has 19 heavy (non-hydrogen) atoms. The molecule has 0 fully saturated rings. The maximum absolute atomic E-state index is 13.7. The van der Waals surface area contributed by atoms with E-state index < -0.39 is 11.6 Å². The van der Waals surface area contributed by atoms with Crippen LogP contribution < -0.4 is 5.32 Å². The number of hydrogen-bond acceptors (Lipinski definition) is 2. The molecule has 1 aromatic carbocycles. The number of rotatable bonds is 5. The molecule has 0 radical (unpaired) electrons. The lowest BCUT2D eigenvalue weighted by molar-refractivity contribution is 0.501. The third-order valence-electron chi connectivity index (χ3n) is 3.17. The molecule has 1 heterocycles. The van der Waals surface area contributed by atoms with E-state index in [1.165, 1.54) is 12.1 Å². The fraction of sp³-hybridized carbons (Fsp3) is 0.357. The Hall–Kier alpha value is -1.75. The molecule has 0 bridgehead atoms. The monoisotopic (exact) mass is 265 g/mol. The molecule has 5 heteroatoms. The van der Waals surface area contributed by atoms with Gasteiger partial charge in [0.15, 0.2) is 0 Å². The summed E-state index contributed by atoms with van der Waals surface area (Å²) in [5, 5.41) is 7.16. The maximum Gasteiger partial charge on any atom is 0.130 e. The van der Waals surface area contributed by atoms with Crippen LogP contribution in [0.15, 0.2) is 30.6 Å². The zero-order valence-corrected chi connectivity index (χ0v) is 11.0. The van der Waals surface area contributed by atoms with Crippen LogP contribution in [0.3, 0.4) is 0 Å². The highest BCUT2D eigenvalue weighted by Gasteiger charge is 2.14. The van der Waals surface area contributed by atoms with Gasteiger partial charge in [0.1, 0.15) is 11.6 Å². The number of benzene rings is 1. The fourth-order valence-electron chi connectivity index (χ4n) is 2.15. The Morgan fingerprint density at radius 3 is 2.74 bits per heavy atom. The summed E-state index contributed by atoms with van der Waals surface area (Å²) >= 11 is 0. The van der Waals surface area contributed by atoms with Gasteiger partial charge in [-0.15, -0.1) is 0 Å². The Morgan fingerprint density at radius 2 is 2.16 bits per heavy atom. The average molecular weight is 265 g/mol. The molecule has 0 aliphatic heterocycles. The molecule has 102 valence electrons. The van der Waals surface area contributed by atoms with Crippen molar-refractivity contribution >= 4 is 0 Å². The normalized spacial score (nSPS) is 12.6. The number of aryl methyl sites for hydroxylation is 2. The van der Waals surface area contributed by atoms with Crippen molar-refractivity contribution in [1.82, 2.24) is 15.1 Å². The van der Waals surface area contributed by atoms with Gasteiger partial charge in [-0.3, -0.25) is 4.68 Å². The Morgan fingerprint density at radius 1 is 1.37 bits per heavy atom. The predicted molar refractivity (Wildman–Crippen MR) is 69.7 cm³/mol. The molecular weight excluding hydrogens is 248 g/mol. The fourth-order valence-corrected chi connectivity index (χ4v) is 2.15. The summed E-state index contributed by atoms with van der Waals surface area (Å²) in [6.07, 6.45) is 5.25. The average Bonchev–Trinajstić information content (AvgIpc) is 2.78. The molecule has 1 unspecified atom stereocenters. The van der Waals surface area contributed by atoms with Gasteiger partial charge in [-0.25, -0.2) is 8.78 Å². The van der Waals surface area contributed by atoms with Crippen LogP contribution >= 0.6 is 0 Å². The van der Waals surface area contributed by atoms with Gasteiger partial charge in [-0.05, 0) is 31.5 Å². The number of halogens is 2. The van der Waals surface area contributed by atoms with Gasteiger partial charge in [0.2, 0.25) is 0 Å². The van der Waals surface area contributed by atoms with Gasteiger partial charge in [0, 0.05) is 30.9 Å². The zero-order valence-electron chi connectivity index (χ0n) is 11.0. The van der Waals surface area contributed by atoms with Crippen LogP contribution in [0, 0.1) is 11.6 Å². The van der Waals surface area contributed by atoms with Crippen LogP contribution in [-0.2, 0) is 13.5 Å². The summed E-state index contributed by atoms with van der Waals surface area (Å²) in [5.41, 5.74) is 1.60. The Bertz CT molecular complexity index is 551. The summed E-state index contributed by atoms with van der Waals surface area (Å²) < 4.78 is 28.4. The van der Waals surface area contributed by atoms with Gasteiger partial charge < -0.3 is 5.32 Å². The highest BCUT2D eigenvalue weighted by atomic mass is 19.1. The molecule has 0 aliphatic carbocycles. The van der Waals surface area contributed by atoms with Crippen LogP contribution in [-0.4, -0.2) is 16.8 Å². The summed E-state index contributed by atoms with van der Waals surface area (Å²) in [4.78, 5) is 0. The summed E-state index contributed by atoms with van der Waals surface area (Å²) in [6.45, 7) is 0. The first-order chi connectivity index (χ1) is 9.10. The third-order valence-corrected chi connectivity index (χ3v) is 3.17. The quantitative estimate of drug-likeness (QED) is 0.900. The molecule has 1 atom stereocenters. The molecule has 2 rings (SSSR count). The van der Waals surface area contributed by atoms with Crippen molar-refractivity contribution in [3.05, 3.63) is 53.4 Å². The number of nitrogens with one attached hydrogen (secondary N) is 1. The molecule has 1 N–H and O–H groups in total. The highest BCUT2D eigenvalue weighted by Crippen LogP contribution is 2.22. The SMILES string of the molecule is CNC(CCc1cnn(C)c1)c1ccc(F)cc1F. The van der Waals surface area contributed by atoms with Crippen LogP contribution in [0.1, 0.15) is 23.6 Å². The second kappa shape index (κ2) is 5.93. The lowest BCUT2D eigenvalue weighted by Crippen LogP contribution is -2.18. The van der Waals surface area contributed by atoms with Crippen molar-refractivity contribution in [2.75, 3.05) is 7.05 Å². The lowest BCUT2D eigenvalue weighted by Gasteiger charge is -2.17. The van der Waals surface area contributed by atoms with E-state index in [4.69, 9.17) is 0 Å². The molecule has 1 aromatic heterocycles. The standard InChI is InChI=1S/C14H17F2N3/c1-17-14(6-3-10-8-18-19(2)9-10)12-5-4-11(15)7-13(12)16/h4-5,7-9,14,17H,3,6H2,1-2H3. The van der Waals surface area contributed by atoms with Crippen LogP contribution in [0.5, 0.6) is 0 Å². The van der Waals surface area contributed by atoms with Crippen LogP contribution in [0.4, 0.5) is 8.78 Å². The minimum atomic E-state index is -0.552. The van der Waals surface area contributed by atoms with Crippen molar-refractivity contribution in [3.63, 3.8) is 0 Å². The van der Waals surface area contributed by atoms with Crippen molar-refractivity contribution in [2.45, 2.75) is 18.9 Å².